The molecule has 0 N–H and O–H groups in total. The van der Waals surface area contributed by atoms with E-state index in [1.807, 2.05) is 70.1 Å². The van der Waals surface area contributed by atoms with E-state index in [0.717, 1.165) is 11.3 Å². The number of anilines is 1. The molecule has 92 valence electrons. The molecular formula is C15H21NO. The topological polar surface area (TPSA) is 20.3 Å². The first-order chi connectivity index (χ1) is 7.91. The van der Waals surface area contributed by atoms with E-state index in [-0.39, 0.29) is 11.7 Å². The van der Waals surface area contributed by atoms with Crippen molar-refractivity contribution in [2.75, 3.05) is 19.0 Å². The van der Waals surface area contributed by atoms with E-state index in [4.69, 9.17) is 0 Å². The summed E-state index contributed by atoms with van der Waals surface area (Å²) in [6.07, 6.45) is 2.00. The highest BCUT2D eigenvalue weighted by Gasteiger charge is 2.12. The lowest BCUT2D eigenvalue weighted by Crippen LogP contribution is -2.11. The van der Waals surface area contributed by atoms with Gasteiger partial charge in [-0.3, -0.25) is 4.79 Å². The number of allylic oxidation sites excluding steroid dienone is 2. The fraction of sp³-hybridized carbons (Fsp3) is 0.400. The molecule has 0 saturated carbocycles. The molecule has 1 aromatic carbocycles. The van der Waals surface area contributed by atoms with Crippen LogP contribution in [0.3, 0.4) is 0 Å². The van der Waals surface area contributed by atoms with E-state index < -0.39 is 0 Å². The third-order valence-corrected chi connectivity index (χ3v) is 2.67. The Morgan fingerprint density at radius 3 is 2.12 bits per heavy atom. The molecule has 1 unspecified atom stereocenters. The highest BCUT2D eigenvalue weighted by molar-refractivity contribution is 5.99. The molecule has 0 bridgehead atoms. The molecule has 0 radical (unpaired) electrons. The second-order valence-electron chi connectivity index (χ2n) is 4.84. The fourth-order valence-electron chi connectivity index (χ4n) is 1.76. The van der Waals surface area contributed by atoms with Crippen LogP contribution in [0.25, 0.3) is 0 Å². The molecule has 0 spiro atoms. The van der Waals surface area contributed by atoms with E-state index >= 15 is 0 Å². The first-order valence-corrected chi connectivity index (χ1v) is 5.88. The lowest BCUT2D eigenvalue weighted by molar-refractivity contribution is 0.0953. The lowest BCUT2D eigenvalue weighted by Gasteiger charge is -2.13. The Bertz CT molecular complexity index is 411. The van der Waals surface area contributed by atoms with Gasteiger partial charge < -0.3 is 4.90 Å². The van der Waals surface area contributed by atoms with Gasteiger partial charge in [0.15, 0.2) is 5.78 Å². The maximum Gasteiger partial charge on any atom is 0.169 e. The van der Waals surface area contributed by atoms with Crippen LogP contribution in [0.1, 0.15) is 31.1 Å². The molecule has 0 saturated heterocycles. The van der Waals surface area contributed by atoms with E-state index in [2.05, 4.69) is 0 Å². The number of nitrogens with zero attached hydrogens (tertiary/aromatic N) is 1. The van der Waals surface area contributed by atoms with Gasteiger partial charge in [0.1, 0.15) is 0 Å². The highest BCUT2D eigenvalue weighted by atomic mass is 16.1. The van der Waals surface area contributed by atoms with Crippen molar-refractivity contribution in [3.63, 3.8) is 0 Å². The summed E-state index contributed by atoms with van der Waals surface area (Å²) in [7, 11) is 3.98. The molecular weight excluding hydrogens is 210 g/mol. The number of ketones is 1. The maximum absolute atomic E-state index is 12.1. The number of benzene rings is 1. The first kappa shape index (κ1) is 13.5. The van der Waals surface area contributed by atoms with Gasteiger partial charge in [-0.2, -0.15) is 0 Å². The Kier molecular flexibility index (Phi) is 4.50. The second kappa shape index (κ2) is 5.67. The Morgan fingerprint density at radius 1 is 1.18 bits per heavy atom. The van der Waals surface area contributed by atoms with E-state index in [1.54, 1.807) is 0 Å². The van der Waals surface area contributed by atoms with Crippen LogP contribution in [0.4, 0.5) is 5.69 Å². The van der Waals surface area contributed by atoms with E-state index in [1.165, 1.54) is 5.57 Å². The summed E-state index contributed by atoms with van der Waals surface area (Å²) in [6.45, 7) is 5.97. The van der Waals surface area contributed by atoms with Crippen LogP contribution in [-0.4, -0.2) is 19.9 Å². The van der Waals surface area contributed by atoms with E-state index in [0.29, 0.717) is 0 Å². The van der Waals surface area contributed by atoms with Crippen molar-refractivity contribution >= 4 is 11.5 Å². The molecule has 0 amide bonds. The summed E-state index contributed by atoms with van der Waals surface area (Å²) >= 11 is 0. The van der Waals surface area contributed by atoms with Crippen LogP contribution >= 0.6 is 0 Å². The Balaban J connectivity index is 2.87. The van der Waals surface area contributed by atoms with Crippen LogP contribution in [0.5, 0.6) is 0 Å². The average molecular weight is 231 g/mol. The van der Waals surface area contributed by atoms with Gasteiger partial charge in [0.2, 0.25) is 0 Å². The Labute approximate surface area is 104 Å². The van der Waals surface area contributed by atoms with Crippen molar-refractivity contribution in [3.05, 3.63) is 41.5 Å². The molecule has 2 nitrogen and oxygen atoms in total. The van der Waals surface area contributed by atoms with Gasteiger partial charge in [0.25, 0.3) is 0 Å². The molecule has 17 heavy (non-hydrogen) atoms. The minimum Gasteiger partial charge on any atom is -0.378 e. The number of hydrogen-bond acceptors (Lipinski definition) is 2. The van der Waals surface area contributed by atoms with Gasteiger partial charge >= 0.3 is 0 Å². The molecule has 0 heterocycles. The SMILES string of the molecule is CC(C)=CC(C)C(=O)c1ccc(N(C)C)cc1. The standard InChI is InChI=1S/C15H21NO/c1-11(2)10-12(3)15(17)13-6-8-14(9-7-13)16(4)5/h6-10,12H,1-5H3. The van der Waals surface area contributed by atoms with E-state index in [9.17, 15) is 4.79 Å². The third-order valence-electron chi connectivity index (χ3n) is 2.67. The molecule has 0 fully saturated rings. The minimum atomic E-state index is -0.0507. The summed E-state index contributed by atoms with van der Waals surface area (Å²) in [5.74, 6) is 0.127. The van der Waals surface area contributed by atoms with Gasteiger partial charge in [-0.15, -0.1) is 0 Å². The Hall–Kier alpha value is -1.57. The van der Waals surface area contributed by atoms with Crippen molar-refractivity contribution in [1.29, 1.82) is 0 Å². The number of hydrogen-bond donors (Lipinski definition) is 0. The zero-order valence-electron chi connectivity index (χ0n) is 11.3. The van der Waals surface area contributed by atoms with Crippen LogP contribution in [0.15, 0.2) is 35.9 Å². The van der Waals surface area contributed by atoms with Crippen LogP contribution in [-0.2, 0) is 0 Å². The van der Waals surface area contributed by atoms with Crippen LogP contribution in [0.2, 0.25) is 0 Å². The first-order valence-electron chi connectivity index (χ1n) is 5.88. The molecule has 1 aromatic rings. The zero-order chi connectivity index (χ0) is 13.0. The summed E-state index contributed by atoms with van der Waals surface area (Å²) in [6, 6.07) is 7.74. The quantitative estimate of drug-likeness (QED) is 0.583. The van der Waals surface area contributed by atoms with Gasteiger partial charge in [-0.1, -0.05) is 18.6 Å². The molecule has 2 heteroatoms. The third kappa shape index (κ3) is 3.74. The lowest BCUT2D eigenvalue weighted by atomic mass is 9.97. The van der Waals surface area contributed by atoms with Crippen molar-refractivity contribution in [2.24, 2.45) is 5.92 Å². The van der Waals surface area contributed by atoms with Crippen molar-refractivity contribution in [3.8, 4) is 0 Å². The van der Waals surface area contributed by atoms with Crippen molar-refractivity contribution in [2.45, 2.75) is 20.8 Å². The second-order valence-corrected chi connectivity index (χ2v) is 4.84. The molecule has 1 rings (SSSR count). The van der Waals surface area contributed by atoms with Gasteiger partial charge in [0.05, 0.1) is 0 Å². The van der Waals surface area contributed by atoms with Crippen LogP contribution < -0.4 is 4.90 Å². The smallest absolute Gasteiger partial charge is 0.169 e. The fourth-order valence-corrected chi connectivity index (χ4v) is 1.76. The number of Topliss-reactive ketones (excluding diaryl/α,β-unsaturated/α-hetero) is 1. The largest absolute Gasteiger partial charge is 0.378 e. The average Bonchev–Trinajstić information content (AvgIpc) is 2.27. The van der Waals surface area contributed by atoms with Gasteiger partial charge in [-0.05, 0) is 38.1 Å². The summed E-state index contributed by atoms with van der Waals surface area (Å²) in [5.41, 5.74) is 3.06. The predicted molar refractivity (Wildman–Crippen MR) is 73.7 cm³/mol. The highest BCUT2D eigenvalue weighted by Crippen LogP contribution is 2.16. The van der Waals surface area contributed by atoms with Crippen molar-refractivity contribution in [1.82, 2.24) is 0 Å². The summed E-state index contributed by atoms with van der Waals surface area (Å²) in [5, 5.41) is 0. The molecule has 0 aliphatic heterocycles. The maximum atomic E-state index is 12.1. The molecule has 0 aliphatic carbocycles. The zero-order valence-corrected chi connectivity index (χ0v) is 11.3. The summed E-state index contributed by atoms with van der Waals surface area (Å²) < 4.78 is 0. The number of carbonyl (C=O) groups excluding carboxylic acids is 1. The Morgan fingerprint density at radius 2 is 1.71 bits per heavy atom. The normalized spacial score (nSPS) is 11.8. The predicted octanol–water partition coefficient (Wildman–Crippen LogP) is 3.54. The number of rotatable bonds is 4. The minimum absolute atomic E-state index is 0.0507. The summed E-state index contributed by atoms with van der Waals surface area (Å²) in [4.78, 5) is 14.1. The van der Waals surface area contributed by atoms with Gasteiger partial charge in [-0.25, -0.2) is 0 Å². The monoisotopic (exact) mass is 231 g/mol. The molecule has 1 atom stereocenters. The van der Waals surface area contributed by atoms with Crippen molar-refractivity contribution < 1.29 is 4.79 Å². The van der Waals surface area contributed by atoms with Crippen LogP contribution in [0, 0.1) is 5.92 Å². The molecule has 0 aliphatic rings. The number of carbonyl (C=O) groups is 1. The van der Waals surface area contributed by atoms with Gasteiger partial charge in [0, 0.05) is 31.3 Å². The molecule has 0 aromatic heterocycles.